The second kappa shape index (κ2) is 6.85. The van der Waals surface area contributed by atoms with E-state index < -0.39 is 0 Å². The van der Waals surface area contributed by atoms with Crippen molar-refractivity contribution >= 4 is 12.0 Å². The number of hydrogen-bond acceptors (Lipinski definition) is 2. The van der Waals surface area contributed by atoms with Crippen molar-refractivity contribution in [3.05, 3.63) is 53.4 Å². The third kappa shape index (κ3) is 4.67. The van der Waals surface area contributed by atoms with Gasteiger partial charge in [-0.15, -0.1) is 0 Å². The Kier molecular flexibility index (Phi) is 4.86. The van der Waals surface area contributed by atoms with E-state index in [1.54, 1.807) is 18.2 Å². The van der Waals surface area contributed by atoms with E-state index in [0.717, 1.165) is 25.1 Å². The molecule has 0 saturated heterocycles. The molecule has 2 rings (SSSR count). The zero-order valence-corrected chi connectivity index (χ0v) is 10.7. The molecule has 100 valence electrons. The lowest BCUT2D eigenvalue weighted by Crippen LogP contribution is -2.28. The van der Waals surface area contributed by atoms with Crippen LogP contribution in [0.1, 0.15) is 12.0 Å². The van der Waals surface area contributed by atoms with Gasteiger partial charge in [-0.25, -0.2) is 4.39 Å². The van der Waals surface area contributed by atoms with Crippen molar-refractivity contribution in [2.24, 2.45) is 0 Å². The van der Waals surface area contributed by atoms with Crippen LogP contribution in [0.3, 0.4) is 0 Å². The molecule has 0 fully saturated rings. The molecule has 0 saturated carbocycles. The molecule has 4 heteroatoms. The summed E-state index contributed by atoms with van der Waals surface area (Å²) in [6.45, 7) is 2.43. The molecular formula is C15H17FN2O. The number of hydrogen-bond donors (Lipinski definition) is 2. The van der Waals surface area contributed by atoms with E-state index in [1.807, 2.05) is 0 Å². The number of nitrogens with one attached hydrogen (secondary N) is 2. The first kappa shape index (κ1) is 13.5. The molecule has 1 aliphatic heterocycles. The van der Waals surface area contributed by atoms with Crippen LogP contribution in [0.2, 0.25) is 0 Å². The van der Waals surface area contributed by atoms with Gasteiger partial charge in [0.05, 0.1) is 0 Å². The summed E-state index contributed by atoms with van der Waals surface area (Å²) in [6.07, 6.45) is 6.22. The van der Waals surface area contributed by atoms with Crippen LogP contribution in [0, 0.1) is 5.82 Å². The quantitative estimate of drug-likeness (QED) is 0.641. The number of halogens is 1. The maximum atomic E-state index is 12.7. The highest BCUT2D eigenvalue weighted by Gasteiger charge is 2.03. The highest BCUT2D eigenvalue weighted by Crippen LogP contribution is 2.05. The smallest absolute Gasteiger partial charge is 0.244 e. The zero-order valence-electron chi connectivity index (χ0n) is 10.7. The Morgan fingerprint density at radius 2 is 2.16 bits per heavy atom. The Morgan fingerprint density at radius 3 is 2.84 bits per heavy atom. The predicted octanol–water partition coefficient (Wildman–Crippen LogP) is 1.87. The van der Waals surface area contributed by atoms with Gasteiger partial charge in [-0.3, -0.25) is 4.79 Å². The first-order chi connectivity index (χ1) is 9.24. The van der Waals surface area contributed by atoms with Crippen molar-refractivity contribution in [1.82, 2.24) is 10.6 Å². The van der Waals surface area contributed by atoms with Gasteiger partial charge in [-0.1, -0.05) is 23.8 Å². The zero-order chi connectivity index (χ0) is 13.5. The molecule has 0 aliphatic carbocycles. The fourth-order valence-electron chi connectivity index (χ4n) is 1.84. The van der Waals surface area contributed by atoms with E-state index in [4.69, 9.17) is 0 Å². The molecule has 0 bridgehead atoms. The van der Waals surface area contributed by atoms with Gasteiger partial charge in [0.25, 0.3) is 0 Å². The van der Waals surface area contributed by atoms with E-state index in [0.29, 0.717) is 6.54 Å². The van der Waals surface area contributed by atoms with Crippen LogP contribution in [-0.4, -0.2) is 25.5 Å². The molecule has 1 aliphatic rings. The molecule has 2 N–H and O–H groups in total. The molecule has 0 atom stereocenters. The summed E-state index contributed by atoms with van der Waals surface area (Å²) in [5.41, 5.74) is 2.06. The van der Waals surface area contributed by atoms with E-state index >= 15 is 0 Å². The van der Waals surface area contributed by atoms with E-state index in [1.165, 1.54) is 23.8 Å². The fourth-order valence-corrected chi connectivity index (χ4v) is 1.84. The van der Waals surface area contributed by atoms with E-state index in [-0.39, 0.29) is 11.7 Å². The van der Waals surface area contributed by atoms with Gasteiger partial charge in [-0.2, -0.15) is 0 Å². The number of amides is 1. The maximum Gasteiger partial charge on any atom is 0.244 e. The molecule has 3 nitrogen and oxygen atoms in total. The third-order valence-corrected chi connectivity index (χ3v) is 2.94. The average Bonchev–Trinajstić information content (AvgIpc) is 2.45. The van der Waals surface area contributed by atoms with Gasteiger partial charge in [0, 0.05) is 19.2 Å². The summed E-state index contributed by atoms with van der Waals surface area (Å²) in [5, 5.41) is 6.06. The minimum absolute atomic E-state index is 0.135. The number of benzene rings is 1. The Labute approximate surface area is 112 Å². The van der Waals surface area contributed by atoms with Crippen LogP contribution in [0.5, 0.6) is 0 Å². The summed E-state index contributed by atoms with van der Waals surface area (Å²) in [4.78, 5) is 11.6. The molecule has 0 aromatic heterocycles. The van der Waals surface area contributed by atoms with Crippen LogP contribution < -0.4 is 10.6 Å². The van der Waals surface area contributed by atoms with Gasteiger partial charge < -0.3 is 10.6 Å². The summed E-state index contributed by atoms with van der Waals surface area (Å²) in [6, 6.07) is 6.01. The van der Waals surface area contributed by atoms with E-state index in [2.05, 4.69) is 16.7 Å². The van der Waals surface area contributed by atoms with Crippen molar-refractivity contribution in [3.8, 4) is 0 Å². The van der Waals surface area contributed by atoms with E-state index in [9.17, 15) is 9.18 Å². The molecule has 19 heavy (non-hydrogen) atoms. The van der Waals surface area contributed by atoms with Crippen molar-refractivity contribution in [2.75, 3.05) is 19.6 Å². The standard InChI is InChI=1S/C15H17FN2O/c16-14-4-1-12(2-5-14)3-6-15(19)18-11-13-7-9-17-10-8-13/h1-7,17H,8-11H2,(H,18,19)/b6-3+. The molecule has 0 unspecified atom stereocenters. The molecule has 1 aromatic carbocycles. The number of rotatable bonds is 4. The van der Waals surface area contributed by atoms with Gasteiger partial charge in [0.1, 0.15) is 5.82 Å². The van der Waals surface area contributed by atoms with Gasteiger partial charge >= 0.3 is 0 Å². The van der Waals surface area contributed by atoms with Crippen LogP contribution in [0.4, 0.5) is 4.39 Å². The Morgan fingerprint density at radius 1 is 1.37 bits per heavy atom. The van der Waals surface area contributed by atoms with Gasteiger partial charge in [-0.05, 0) is 36.7 Å². The topological polar surface area (TPSA) is 41.1 Å². The highest BCUT2D eigenvalue weighted by atomic mass is 19.1. The lowest BCUT2D eigenvalue weighted by atomic mass is 10.1. The van der Waals surface area contributed by atoms with Crippen molar-refractivity contribution < 1.29 is 9.18 Å². The first-order valence-electron chi connectivity index (χ1n) is 6.34. The third-order valence-electron chi connectivity index (χ3n) is 2.94. The molecule has 1 heterocycles. The largest absolute Gasteiger partial charge is 0.349 e. The molecule has 0 spiro atoms. The summed E-state index contributed by atoms with van der Waals surface area (Å²) < 4.78 is 12.7. The molecular weight excluding hydrogens is 243 g/mol. The SMILES string of the molecule is O=C(/C=C/c1ccc(F)cc1)NCC1=CCNCC1. The normalized spacial score (nSPS) is 15.3. The van der Waals surface area contributed by atoms with Crippen LogP contribution in [0.25, 0.3) is 6.08 Å². The lowest BCUT2D eigenvalue weighted by Gasteiger charge is -2.13. The Balaban J connectivity index is 1.80. The summed E-state index contributed by atoms with van der Waals surface area (Å²) in [5.74, 6) is -0.414. The molecule has 1 aromatic rings. The Bertz CT molecular complexity index is 491. The van der Waals surface area contributed by atoms with Crippen molar-refractivity contribution in [3.63, 3.8) is 0 Å². The Hall–Kier alpha value is -1.94. The van der Waals surface area contributed by atoms with Gasteiger partial charge in [0.15, 0.2) is 0 Å². The minimum atomic E-state index is -0.278. The van der Waals surface area contributed by atoms with Crippen LogP contribution in [0.15, 0.2) is 42.0 Å². The molecule has 0 radical (unpaired) electrons. The summed E-state index contributed by atoms with van der Waals surface area (Å²) >= 11 is 0. The first-order valence-corrected chi connectivity index (χ1v) is 6.34. The van der Waals surface area contributed by atoms with Crippen LogP contribution in [-0.2, 0) is 4.79 Å². The number of carbonyl (C=O) groups excluding carboxylic acids is 1. The second-order valence-corrected chi connectivity index (χ2v) is 4.42. The lowest BCUT2D eigenvalue weighted by molar-refractivity contribution is -0.116. The fraction of sp³-hybridized carbons (Fsp3) is 0.267. The monoisotopic (exact) mass is 260 g/mol. The second-order valence-electron chi connectivity index (χ2n) is 4.42. The summed E-state index contributed by atoms with van der Waals surface area (Å²) in [7, 11) is 0. The van der Waals surface area contributed by atoms with Crippen molar-refractivity contribution in [2.45, 2.75) is 6.42 Å². The average molecular weight is 260 g/mol. The maximum absolute atomic E-state index is 12.7. The predicted molar refractivity (Wildman–Crippen MR) is 74.0 cm³/mol. The van der Waals surface area contributed by atoms with Gasteiger partial charge in [0.2, 0.25) is 5.91 Å². The van der Waals surface area contributed by atoms with Crippen LogP contribution >= 0.6 is 0 Å². The number of carbonyl (C=O) groups is 1. The highest BCUT2D eigenvalue weighted by molar-refractivity contribution is 5.91. The molecule has 1 amide bonds. The van der Waals surface area contributed by atoms with Crippen molar-refractivity contribution in [1.29, 1.82) is 0 Å². The minimum Gasteiger partial charge on any atom is -0.349 e.